The fourth-order valence-electron chi connectivity index (χ4n) is 2.69. The van der Waals surface area contributed by atoms with Gasteiger partial charge in [-0.25, -0.2) is 9.50 Å². The number of aromatic nitrogens is 3. The number of hydrogen-bond donors (Lipinski definition) is 1. The third-order valence-corrected chi connectivity index (χ3v) is 3.96. The molecule has 5 nitrogen and oxygen atoms in total. The first-order valence-electron chi connectivity index (χ1n) is 7.21. The molecule has 0 unspecified atom stereocenters. The van der Waals surface area contributed by atoms with Gasteiger partial charge in [-0.15, -0.1) is 0 Å². The van der Waals surface area contributed by atoms with Gasteiger partial charge in [-0.05, 0) is 30.5 Å². The second-order valence-corrected chi connectivity index (χ2v) is 5.47. The van der Waals surface area contributed by atoms with Crippen LogP contribution in [0.1, 0.15) is 18.4 Å². The number of hydrogen-bond acceptors (Lipinski definition) is 4. The van der Waals surface area contributed by atoms with Crippen LogP contribution in [0.25, 0.3) is 5.52 Å². The number of para-hydroxylation sites is 1. The van der Waals surface area contributed by atoms with Crippen molar-refractivity contribution in [3.8, 4) is 0 Å². The highest BCUT2D eigenvalue weighted by molar-refractivity contribution is 5.69. The Bertz CT molecular complexity index is 775. The van der Waals surface area contributed by atoms with E-state index in [1.807, 2.05) is 41.2 Å². The molecule has 1 aliphatic rings. The Hall–Kier alpha value is -2.56. The van der Waals surface area contributed by atoms with Crippen molar-refractivity contribution in [1.29, 1.82) is 0 Å². The Morgan fingerprint density at radius 1 is 1.19 bits per heavy atom. The Morgan fingerprint density at radius 2 is 2.05 bits per heavy atom. The number of rotatable bonds is 4. The molecule has 106 valence electrons. The number of anilines is 2. The summed E-state index contributed by atoms with van der Waals surface area (Å²) in [5.41, 5.74) is 9.12. The van der Waals surface area contributed by atoms with Crippen LogP contribution in [-0.2, 0) is 6.54 Å². The zero-order chi connectivity index (χ0) is 14.2. The summed E-state index contributed by atoms with van der Waals surface area (Å²) in [4.78, 5) is 6.94. The summed E-state index contributed by atoms with van der Waals surface area (Å²) < 4.78 is 1.87. The third-order valence-electron chi connectivity index (χ3n) is 3.96. The van der Waals surface area contributed by atoms with Crippen LogP contribution in [0.3, 0.4) is 0 Å². The van der Waals surface area contributed by atoms with Crippen molar-refractivity contribution in [1.82, 2.24) is 14.6 Å². The van der Waals surface area contributed by atoms with Gasteiger partial charge in [-0.3, -0.25) is 0 Å². The maximum Gasteiger partial charge on any atom is 0.155 e. The van der Waals surface area contributed by atoms with Crippen molar-refractivity contribution < 1.29 is 0 Å². The predicted octanol–water partition coefficient (Wildman–Crippen LogP) is 2.48. The lowest BCUT2D eigenvalue weighted by molar-refractivity contribution is 0.776. The maximum absolute atomic E-state index is 6.10. The minimum absolute atomic E-state index is 0.554. The van der Waals surface area contributed by atoms with E-state index in [-0.39, 0.29) is 0 Å². The molecule has 1 aromatic carbocycles. The minimum atomic E-state index is 0.554. The molecule has 5 heteroatoms. The van der Waals surface area contributed by atoms with Crippen molar-refractivity contribution in [2.45, 2.75) is 25.4 Å². The molecule has 2 heterocycles. The normalized spacial score (nSPS) is 14.5. The van der Waals surface area contributed by atoms with Gasteiger partial charge in [-0.1, -0.05) is 18.2 Å². The van der Waals surface area contributed by atoms with E-state index in [9.17, 15) is 0 Å². The van der Waals surface area contributed by atoms with Crippen molar-refractivity contribution in [2.75, 3.05) is 10.6 Å². The van der Waals surface area contributed by atoms with Crippen LogP contribution in [0.5, 0.6) is 0 Å². The molecular weight excluding hydrogens is 262 g/mol. The zero-order valence-electron chi connectivity index (χ0n) is 11.7. The number of fused-ring (bicyclic) bond motifs is 1. The molecule has 0 saturated heterocycles. The summed E-state index contributed by atoms with van der Waals surface area (Å²) >= 11 is 0. The van der Waals surface area contributed by atoms with Gasteiger partial charge in [0.05, 0.1) is 6.20 Å². The molecule has 2 N–H and O–H groups in total. The lowest BCUT2D eigenvalue weighted by atomic mass is 10.1. The molecule has 0 spiro atoms. The molecule has 21 heavy (non-hydrogen) atoms. The zero-order valence-corrected chi connectivity index (χ0v) is 11.7. The summed E-state index contributed by atoms with van der Waals surface area (Å²) in [5.74, 6) is 0.987. The molecular formula is C16H17N5. The molecule has 4 rings (SSSR count). The first-order valence-corrected chi connectivity index (χ1v) is 7.21. The maximum atomic E-state index is 6.10. The Balaban J connectivity index is 1.75. The molecule has 0 aliphatic heterocycles. The lowest BCUT2D eigenvalue weighted by Gasteiger charge is -2.24. The monoisotopic (exact) mass is 279 g/mol. The molecule has 0 atom stereocenters. The molecule has 2 aromatic heterocycles. The fourth-order valence-corrected chi connectivity index (χ4v) is 2.69. The second kappa shape index (κ2) is 4.77. The lowest BCUT2D eigenvalue weighted by Crippen LogP contribution is -2.27. The van der Waals surface area contributed by atoms with Crippen LogP contribution in [0, 0.1) is 0 Å². The number of benzene rings is 1. The molecule has 1 aliphatic carbocycles. The van der Waals surface area contributed by atoms with E-state index in [1.54, 1.807) is 6.20 Å². The van der Waals surface area contributed by atoms with Gasteiger partial charge >= 0.3 is 0 Å². The van der Waals surface area contributed by atoms with Crippen LogP contribution in [0.15, 0.2) is 48.9 Å². The average Bonchev–Trinajstić information content (AvgIpc) is 3.22. The molecule has 0 amide bonds. The first kappa shape index (κ1) is 12.2. The fraction of sp³-hybridized carbons (Fsp3) is 0.250. The highest BCUT2D eigenvalue weighted by atomic mass is 15.3. The SMILES string of the molecule is Nc1ccccc1CN(c1nccn2nccc12)C1CC1. The van der Waals surface area contributed by atoms with E-state index in [0.717, 1.165) is 29.1 Å². The Labute approximate surface area is 123 Å². The van der Waals surface area contributed by atoms with E-state index in [2.05, 4.69) is 21.0 Å². The van der Waals surface area contributed by atoms with Gasteiger partial charge in [0.15, 0.2) is 5.82 Å². The van der Waals surface area contributed by atoms with Crippen molar-refractivity contribution >= 4 is 17.0 Å². The van der Waals surface area contributed by atoms with Crippen LogP contribution in [-0.4, -0.2) is 20.6 Å². The molecule has 1 saturated carbocycles. The standard InChI is InChI=1S/C16H17N5/c17-14-4-2-1-3-12(14)11-20(13-5-6-13)16-15-7-8-19-21(15)10-9-18-16/h1-4,7-10,13H,5-6,11,17H2. The van der Waals surface area contributed by atoms with E-state index in [0.29, 0.717) is 6.04 Å². The topological polar surface area (TPSA) is 59.5 Å². The number of nitrogen functional groups attached to an aromatic ring is 1. The highest BCUT2D eigenvalue weighted by Crippen LogP contribution is 2.34. The quantitative estimate of drug-likeness (QED) is 0.745. The summed E-state index contributed by atoms with van der Waals surface area (Å²) in [6, 6.07) is 10.6. The summed E-state index contributed by atoms with van der Waals surface area (Å²) in [6.45, 7) is 0.787. The van der Waals surface area contributed by atoms with E-state index in [4.69, 9.17) is 5.73 Å². The largest absolute Gasteiger partial charge is 0.398 e. The first-order chi connectivity index (χ1) is 10.3. The average molecular weight is 279 g/mol. The van der Waals surface area contributed by atoms with Crippen LogP contribution in [0.2, 0.25) is 0 Å². The highest BCUT2D eigenvalue weighted by Gasteiger charge is 2.31. The van der Waals surface area contributed by atoms with Crippen LogP contribution < -0.4 is 10.6 Å². The van der Waals surface area contributed by atoms with Crippen LogP contribution >= 0.6 is 0 Å². The minimum Gasteiger partial charge on any atom is -0.398 e. The smallest absolute Gasteiger partial charge is 0.155 e. The Kier molecular flexibility index (Phi) is 2.77. The van der Waals surface area contributed by atoms with E-state index in [1.165, 1.54) is 12.8 Å². The molecule has 0 bridgehead atoms. The van der Waals surface area contributed by atoms with Gasteiger partial charge in [0, 0.05) is 30.7 Å². The van der Waals surface area contributed by atoms with Gasteiger partial charge in [0.2, 0.25) is 0 Å². The number of nitrogens with two attached hydrogens (primary N) is 1. The number of nitrogens with zero attached hydrogens (tertiary/aromatic N) is 4. The van der Waals surface area contributed by atoms with Gasteiger partial charge in [0.25, 0.3) is 0 Å². The van der Waals surface area contributed by atoms with E-state index < -0.39 is 0 Å². The molecule has 1 fully saturated rings. The van der Waals surface area contributed by atoms with Gasteiger partial charge < -0.3 is 10.6 Å². The molecule has 3 aromatic rings. The Morgan fingerprint density at radius 3 is 2.86 bits per heavy atom. The van der Waals surface area contributed by atoms with E-state index >= 15 is 0 Å². The summed E-state index contributed by atoms with van der Waals surface area (Å²) in [5, 5.41) is 4.29. The molecule has 0 radical (unpaired) electrons. The van der Waals surface area contributed by atoms with Gasteiger partial charge in [0.1, 0.15) is 5.52 Å². The van der Waals surface area contributed by atoms with Gasteiger partial charge in [-0.2, -0.15) is 5.10 Å². The summed E-state index contributed by atoms with van der Waals surface area (Å²) in [6.07, 6.45) is 7.91. The summed E-state index contributed by atoms with van der Waals surface area (Å²) in [7, 11) is 0. The van der Waals surface area contributed by atoms with Crippen LogP contribution in [0.4, 0.5) is 11.5 Å². The third kappa shape index (κ3) is 2.20. The van der Waals surface area contributed by atoms with Crippen molar-refractivity contribution in [3.05, 3.63) is 54.5 Å². The predicted molar refractivity (Wildman–Crippen MR) is 83.0 cm³/mol. The van der Waals surface area contributed by atoms with Crippen molar-refractivity contribution in [3.63, 3.8) is 0 Å². The second-order valence-electron chi connectivity index (χ2n) is 5.47. The van der Waals surface area contributed by atoms with Crippen molar-refractivity contribution in [2.24, 2.45) is 0 Å².